The van der Waals surface area contributed by atoms with E-state index in [2.05, 4.69) is 41.6 Å². The molecule has 2 fully saturated rings. The average molecular weight is 394 g/mol. The summed E-state index contributed by atoms with van der Waals surface area (Å²) in [5.74, 6) is -0.217. The minimum Gasteiger partial charge on any atom is -0.323 e. The van der Waals surface area contributed by atoms with Gasteiger partial charge in [0.2, 0.25) is 11.0 Å². The van der Waals surface area contributed by atoms with E-state index in [0.717, 1.165) is 16.3 Å². The minimum absolute atomic E-state index is 0.0430. The molecule has 2 N–H and O–H groups in total. The fourth-order valence-corrected chi connectivity index (χ4v) is 5.23. The van der Waals surface area contributed by atoms with Crippen molar-refractivity contribution >= 4 is 34.3 Å². The number of urea groups is 1. The Morgan fingerprint density at radius 3 is 2.63 bits per heavy atom. The molecule has 0 aromatic carbocycles. The normalized spacial score (nSPS) is 27.3. The van der Waals surface area contributed by atoms with E-state index in [1.807, 2.05) is 13.8 Å². The summed E-state index contributed by atoms with van der Waals surface area (Å²) in [4.78, 5) is 38.9. The lowest BCUT2D eigenvalue weighted by atomic mass is 9.64. The van der Waals surface area contributed by atoms with Gasteiger partial charge in [-0.15, -0.1) is 10.2 Å². The van der Waals surface area contributed by atoms with E-state index in [1.165, 1.54) is 11.3 Å². The highest BCUT2D eigenvalue weighted by atomic mass is 32.1. The molecule has 4 amide bonds. The van der Waals surface area contributed by atoms with Crippen molar-refractivity contribution in [3.8, 4) is 0 Å². The SMILES string of the molecule is CC(C)c1nnc(NC(=O)CN2C(=O)N[C@@]3(C[C@H](C)CC(C)(C)C3)C2=O)s1. The first-order chi connectivity index (χ1) is 12.5. The lowest BCUT2D eigenvalue weighted by Gasteiger charge is -2.43. The number of imide groups is 1. The van der Waals surface area contributed by atoms with Crippen LogP contribution >= 0.6 is 11.3 Å². The van der Waals surface area contributed by atoms with E-state index in [4.69, 9.17) is 0 Å². The first kappa shape index (κ1) is 19.7. The molecule has 2 aliphatic rings. The number of anilines is 1. The molecule has 0 bridgehead atoms. The summed E-state index contributed by atoms with van der Waals surface area (Å²) in [7, 11) is 0. The third-order valence-electron chi connectivity index (χ3n) is 5.11. The van der Waals surface area contributed by atoms with Crippen LogP contribution in [0.1, 0.15) is 64.8 Å². The Kier molecular flexibility index (Phi) is 5.00. The van der Waals surface area contributed by atoms with Crippen LogP contribution in [0.4, 0.5) is 9.93 Å². The Morgan fingerprint density at radius 1 is 1.33 bits per heavy atom. The van der Waals surface area contributed by atoms with E-state index < -0.39 is 17.5 Å². The molecular weight excluding hydrogens is 366 g/mol. The first-order valence-corrected chi connectivity index (χ1v) is 10.1. The number of rotatable bonds is 4. The number of amides is 4. The summed E-state index contributed by atoms with van der Waals surface area (Å²) >= 11 is 1.29. The Hall–Kier alpha value is -2.03. The number of carbonyl (C=O) groups is 3. The van der Waals surface area contributed by atoms with Gasteiger partial charge in [-0.1, -0.05) is 46.0 Å². The van der Waals surface area contributed by atoms with Gasteiger partial charge in [-0.2, -0.15) is 0 Å². The molecule has 27 heavy (non-hydrogen) atoms. The monoisotopic (exact) mass is 393 g/mol. The molecule has 9 heteroatoms. The summed E-state index contributed by atoms with van der Waals surface area (Å²) in [5.41, 5.74) is -0.940. The molecule has 1 saturated carbocycles. The van der Waals surface area contributed by atoms with Gasteiger partial charge in [0.1, 0.15) is 17.1 Å². The van der Waals surface area contributed by atoms with Gasteiger partial charge in [-0.25, -0.2) is 4.79 Å². The van der Waals surface area contributed by atoms with Crippen molar-refractivity contribution in [1.29, 1.82) is 0 Å². The van der Waals surface area contributed by atoms with Gasteiger partial charge in [-0.3, -0.25) is 19.8 Å². The number of carbonyl (C=O) groups excluding carboxylic acids is 3. The molecule has 1 spiro atoms. The summed E-state index contributed by atoms with van der Waals surface area (Å²) < 4.78 is 0. The smallest absolute Gasteiger partial charge is 0.323 e. The predicted octanol–water partition coefficient (Wildman–Crippen LogP) is 2.74. The molecule has 148 valence electrons. The molecule has 0 radical (unpaired) electrons. The Balaban J connectivity index is 1.69. The van der Waals surface area contributed by atoms with Crippen LogP contribution < -0.4 is 10.6 Å². The van der Waals surface area contributed by atoms with Crippen molar-refractivity contribution in [2.75, 3.05) is 11.9 Å². The van der Waals surface area contributed by atoms with Crippen LogP contribution in [0.15, 0.2) is 0 Å². The van der Waals surface area contributed by atoms with Crippen LogP contribution in [0, 0.1) is 11.3 Å². The van der Waals surface area contributed by atoms with Crippen molar-refractivity contribution < 1.29 is 14.4 Å². The van der Waals surface area contributed by atoms with E-state index in [-0.39, 0.29) is 23.8 Å². The number of aromatic nitrogens is 2. The van der Waals surface area contributed by atoms with Gasteiger partial charge < -0.3 is 5.32 Å². The summed E-state index contributed by atoms with van der Waals surface area (Å²) in [6.45, 7) is 9.98. The van der Waals surface area contributed by atoms with Gasteiger partial charge in [0, 0.05) is 5.92 Å². The number of nitrogens with zero attached hydrogens (tertiary/aromatic N) is 3. The lowest BCUT2D eigenvalue weighted by molar-refractivity contribution is -0.136. The lowest BCUT2D eigenvalue weighted by Crippen LogP contribution is -2.54. The zero-order valence-electron chi connectivity index (χ0n) is 16.5. The van der Waals surface area contributed by atoms with Crippen LogP contribution in [-0.4, -0.2) is 45.0 Å². The molecule has 2 atom stereocenters. The van der Waals surface area contributed by atoms with Gasteiger partial charge >= 0.3 is 6.03 Å². The van der Waals surface area contributed by atoms with Crippen molar-refractivity contribution in [3.63, 3.8) is 0 Å². The molecule has 8 nitrogen and oxygen atoms in total. The van der Waals surface area contributed by atoms with E-state index in [1.54, 1.807) is 0 Å². The Labute approximate surface area is 163 Å². The second kappa shape index (κ2) is 6.85. The number of nitrogens with one attached hydrogen (secondary N) is 2. The third-order valence-corrected chi connectivity index (χ3v) is 6.25. The highest BCUT2D eigenvalue weighted by Gasteiger charge is 2.56. The predicted molar refractivity (Wildman–Crippen MR) is 102 cm³/mol. The topological polar surface area (TPSA) is 104 Å². The Morgan fingerprint density at radius 2 is 2.04 bits per heavy atom. The van der Waals surface area contributed by atoms with Gasteiger partial charge in [0.05, 0.1) is 0 Å². The van der Waals surface area contributed by atoms with Crippen molar-refractivity contribution in [3.05, 3.63) is 5.01 Å². The van der Waals surface area contributed by atoms with Crippen LogP contribution in [0.5, 0.6) is 0 Å². The standard InChI is InChI=1S/C18H27N5O3S/c1-10(2)13-21-22-15(27-13)19-12(24)8-23-14(25)18(20-16(23)26)7-11(3)6-17(4,5)9-18/h10-11H,6-9H2,1-5H3,(H,20,26)(H,19,22,24)/t11-,18-/m1/s1. The fourth-order valence-electron chi connectivity index (χ4n) is 4.47. The second-order valence-corrected chi connectivity index (χ2v) is 9.92. The Bertz CT molecular complexity index is 775. The number of hydrogen-bond acceptors (Lipinski definition) is 6. The largest absolute Gasteiger partial charge is 0.325 e. The maximum Gasteiger partial charge on any atom is 0.325 e. The van der Waals surface area contributed by atoms with Crippen molar-refractivity contribution in [1.82, 2.24) is 20.4 Å². The van der Waals surface area contributed by atoms with Crippen LogP contribution in [0.25, 0.3) is 0 Å². The van der Waals surface area contributed by atoms with Crippen LogP contribution in [-0.2, 0) is 9.59 Å². The van der Waals surface area contributed by atoms with Gasteiger partial charge in [0.15, 0.2) is 0 Å². The molecule has 1 aliphatic heterocycles. The third kappa shape index (κ3) is 3.97. The van der Waals surface area contributed by atoms with Crippen molar-refractivity contribution in [2.45, 2.75) is 65.3 Å². The highest BCUT2D eigenvalue weighted by molar-refractivity contribution is 7.15. The van der Waals surface area contributed by atoms with E-state index >= 15 is 0 Å². The maximum atomic E-state index is 13.0. The quantitative estimate of drug-likeness (QED) is 0.766. The van der Waals surface area contributed by atoms with Crippen LogP contribution in [0.3, 0.4) is 0 Å². The molecule has 1 aromatic heterocycles. The summed E-state index contributed by atoms with van der Waals surface area (Å²) in [6, 6.07) is -0.500. The number of hydrogen-bond donors (Lipinski definition) is 2. The molecule has 1 aromatic rings. The van der Waals surface area contributed by atoms with Crippen LogP contribution in [0.2, 0.25) is 0 Å². The van der Waals surface area contributed by atoms with E-state index in [9.17, 15) is 14.4 Å². The molecule has 1 aliphatic carbocycles. The van der Waals surface area contributed by atoms with Crippen molar-refractivity contribution in [2.24, 2.45) is 11.3 Å². The molecule has 0 unspecified atom stereocenters. The first-order valence-electron chi connectivity index (χ1n) is 9.29. The molecule has 3 rings (SSSR count). The second-order valence-electron chi connectivity index (χ2n) is 8.91. The summed E-state index contributed by atoms with van der Waals surface area (Å²) in [5, 5.41) is 14.7. The zero-order chi connectivity index (χ0) is 20.0. The maximum absolute atomic E-state index is 13.0. The minimum atomic E-state index is -0.897. The van der Waals surface area contributed by atoms with E-state index in [0.29, 0.717) is 23.9 Å². The summed E-state index contributed by atoms with van der Waals surface area (Å²) in [6.07, 6.45) is 2.20. The molecule has 2 heterocycles. The average Bonchev–Trinajstić information content (AvgIpc) is 3.05. The van der Waals surface area contributed by atoms with Gasteiger partial charge in [0.25, 0.3) is 5.91 Å². The van der Waals surface area contributed by atoms with Gasteiger partial charge in [-0.05, 0) is 30.6 Å². The molecule has 1 saturated heterocycles. The fraction of sp³-hybridized carbons (Fsp3) is 0.722. The molecular formula is C18H27N5O3S. The highest BCUT2D eigenvalue weighted by Crippen LogP contribution is 2.46. The zero-order valence-corrected chi connectivity index (χ0v) is 17.3.